The Labute approximate surface area is 84.0 Å². The van der Waals surface area contributed by atoms with Crippen molar-refractivity contribution in [1.82, 2.24) is 14.8 Å². The van der Waals surface area contributed by atoms with Crippen molar-refractivity contribution in [2.45, 2.75) is 0 Å². The van der Waals surface area contributed by atoms with E-state index in [1.165, 1.54) is 6.33 Å². The van der Waals surface area contributed by atoms with Gasteiger partial charge in [-0.15, -0.1) is 0 Å². The Hall–Kier alpha value is -1.23. The molecule has 0 atom stereocenters. The zero-order valence-electron chi connectivity index (χ0n) is 7.05. The molecule has 0 spiro atoms. The molecule has 0 amide bonds. The van der Waals surface area contributed by atoms with Gasteiger partial charge in [0, 0.05) is 0 Å². The van der Waals surface area contributed by atoms with Crippen LogP contribution in [0.5, 0.6) is 0 Å². The largest absolute Gasteiger partial charge is 0.223 e. The Morgan fingerprint density at radius 1 is 1.46 bits per heavy atom. The van der Waals surface area contributed by atoms with Gasteiger partial charge in [-0.1, -0.05) is 0 Å². The van der Waals surface area contributed by atoms with Gasteiger partial charge in [-0.25, -0.2) is 14.2 Å². The molecule has 0 N–H and O–H groups in total. The van der Waals surface area contributed by atoms with E-state index in [9.17, 15) is 0 Å². The maximum Gasteiger partial charge on any atom is 0.194 e. The summed E-state index contributed by atoms with van der Waals surface area (Å²) in [6, 6.07) is 1.98. The minimum atomic E-state index is 0.981. The molecule has 0 aliphatic carbocycles. The van der Waals surface area contributed by atoms with E-state index in [4.69, 9.17) is 0 Å². The number of nitrogens with zero attached hydrogens (tertiary/aromatic N) is 4. The first-order valence-corrected chi connectivity index (χ1v) is 4.56. The summed E-state index contributed by atoms with van der Waals surface area (Å²) in [5.41, 5.74) is 0.981. The Morgan fingerprint density at radius 3 is 2.92 bits per heavy atom. The predicted molar refractivity (Wildman–Crippen MR) is 50.2 cm³/mol. The molecule has 0 saturated heterocycles. The molecule has 66 valence electrons. The summed E-state index contributed by atoms with van der Waals surface area (Å²) in [7, 11) is 1.96. The third kappa shape index (κ3) is 1.75. The molecular formula is C8H8BrN4+. The number of halogens is 1. The van der Waals surface area contributed by atoms with Crippen LogP contribution >= 0.6 is 15.9 Å². The molecule has 0 saturated carbocycles. The Morgan fingerprint density at radius 2 is 2.31 bits per heavy atom. The molecule has 0 bridgehead atoms. The summed E-state index contributed by atoms with van der Waals surface area (Å²) in [4.78, 5) is 3.89. The SMILES string of the molecule is C[n+]1cc(Br)cc(-n2cncn2)c1. The quantitative estimate of drug-likeness (QED) is 0.692. The molecule has 5 heteroatoms. The second kappa shape index (κ2) is 3.26. The standard InChI is InChI=1S/C8H8BrN4/c1-12-3-7(9)2-8(4-12)13-6-10-5-11-13/h2-6H,1H3/q+1. The van der Waals surface area contributed by atoms with Gasteiger partial charge in [0.1, 0.15) is 25.4 Å². The van der Waals surface area contributed by atoms with Crippen LogP contribution in [0.4, 0.5) is 0 Å². The molecular weight excluding hydrogens is 232 g/mol. The Bertz CT molecular complexity index is 390. The smallest absolute Gasteiger partial charge is 0.194 e. The van der Waals surface area contributed by atoms with Crippen LogP contribution in [0.15, 0.2) is 35.6 Å². The molecule has 0 aromatic carbocycles. The predicted octanol–water partition coefficient (Wildman–Crippen LogP) is 0.854. The van der Waals surface area contributed by atoms with Crippen molar-refractivity contribution in [3.05, 3.63) is 35.6 Å². The Balaban J connectivity index is 2.53. The van der Waals surface area contributed by atoms with Gasteiger partial charge in [-0.2, -0.15) is 5.10 Å². The third-order valence-electron chi connectivity index (χ3n) is 1.63. The van der Waals surface area contributed by atoms with Crippen LogP contribution < -0.4 is 4.57 Å². The van der Waals surface area contributed by atoms with Crippen molar-refractivity contribution in [2.24, 2.45) is 7.05 Å². The zero-order valence-corrected chi connectivity index (χ0v) is 8.64. The maximum absolute atomic E-state index is 4.04. The lowest BCUT2D eigenvalue weighted by molar-refractivity contribution is -0.671. The minimum Gasteiger partial charge on any atom is -0.223 e. The van der Waals surface area contributed by atoms with Crippen LogP contribution in [0.25, 0.3) is 5.69 Å². The summed E-state index contributed by atoms with van der Waals surface area (Å²) in [6.07, 6.45) is 7.13. The van der Waals surface area contributed by atoms with E-state index in [1.54, 1.807) is 11.0 Å². The molecule has 2 aromatic rings. The van der Waals surface area contributed by atoms with E-state index in [0.717, 1.165) is 10.2 Å². The first kappa shape index (κ1) is 8.37. The molecule has 13 heavy (non-hydrogen) atoms. The number of hydrogen-bond acceptors (Lipinski definition) is 2. The van der Waals surface area contributed by atoms with Crippen LogP contribution in [0.2, 0.25) is 0 Å². The van der Waals surface area contributed by atoms with Gasteiger partial charge < -0.3 is 0 Å². The molecule has 2 aromatic heterocycles. The number of aromatic nitrogens is 4. The van der Waals surface area contributed by atoms with Gasteiger partial charge in [0.2, 0.25) is 0 Å². The normalized spacial score (nSPS) is 10.3. The van der Waals surface area contributed by atoms with Gasteiger partial charge in [0.25, 0.3) is 0 Å². The van der Waals surface area contributed by atoms with Crippen LogP contribution in [-0.2, 0) is 7.05 Å². The van der Waals surface area contributed by atoms with E-state index in [2.05, 4.69) is 26.0 Å². The maximum atomic E-state index is 4.04. The molecule has 0 unspecified atom stereocenters. The van der Waals surface area contributed by atoms with Crippen molar-refractivity contribution in [1.29, 1.82) is 0 Å². The first-order chi connectivity index (χ1) is 6.25. The number of aryl methyl sites for hydroxylation is 1. The highest BCUT2D eigenvalue weighted by Crippen LogP contribution is 2.10. The van der Waals surface area contributed by atoms with Gasteiger partial charge in [0.15, 0.2) is 12.4 Å². The van der Waals surface area contributed by atoms with Crippen molar-refractivity contribution in [3.63, 3.8) is 0 Å². The van der Waals surface area contributed by atoms with Gasteiger partial charge >= 0.3 is 0 Å². The van der Waals surface area contributed by atoms with Crippen LogP contribution in [0.3, 0.4) is 0 Å². The highest BCUT2D eigenvalue weighted by Gasteiger charge is 2.04. The highest BCUT2D eigenvalue weighted by atomic mass is 79.9. The van der Waals surface area contributed by atoms with Crippen molar-refractivity contribution < 1.29 is 4.57 Å². The lowest BCUT2D eigenvalue weighted by Crippen LogP contribution is -2.27. The van der Waals surface area contributed by atoms with Crippen molar-refractivity contribution in [2.75, 3.05) is 0 Å². The fraction of sp³-hybridized carbons (Fsp3) is 0.125. The van der Waals surface area contributed by atoms with Gasteiger partial charge in [-0.05, 0) is 22.0 Å². The highest BCUT2D eigenvalue weighted by molar-refractivity contribution is 9.10. The molecule has 2 heterocycles. The van der Waals surface area contributed by atoms with E-state index < -0.39 is 0 Å². The molecule has 0 radical (unpaired) electrons. The third-order valence-corrected chi connectivity index (χ3v) is 2.07. The average molecular weight is 240 g/mol. The monoisotopic (exact) mass is 239 g/mol. The first-order valence-electron chi connectivity index (χ1n) is 3.76. The molecule has 4 nitrogen and oxygen atoms in total. The number of hydrogen-bond donors (Lipinski definition) is 0. The minimum absolute atomic E-state index is 0.981. The second-order valence-electron chi connectivity index (χ2n) is 2.72. The van der Waals surface area contributed by atoms with Crippen LogP contribution in [0.1, 0.15) is 0 Å². The summed E-state index contributed by atoms with van der Waals surface area (Å²) < 4.78 is 4.69. The average Bonchev–Trinajstić information content (AvgIpc) is 2.53. The summed E-state index contributed by atoms with van der Waals surface area (Å²) in [5.74, 6) is 0. The van der Waals surface area contributed by atoms with Crippen molar-refractivity contribution in [3.8, 4) is 5.69 Å². The van der Waals surface area contributed by atoms with E-state index in [0.29, 0.717) is 0 Å². The zero-order chi connectivity index (χ0) is 9.26. The second-order valence-corrected chi connectivity index (χ2v) is 3.63. The summed E-state index contributed by atoms with van der Waals surface area (Å²) in [6.45, 7) is 0. The topological polar surface area (TPSA) is 34.6 Å². The summed E-state index contributed by atoms with van der Waals surface area (Å²) in [5, 5.41) is 4.04. The van der Waals surface area contributed by atoms with Crippen LogP contribution in [-0.4, -0.2) is 14.8 Å². The molecule has 0 aliphatic heterocycles. The number of rotatable bonds is 1. The fourth-order valence-electron chi connectivity index (χ4n) is 1.12. The molecule has 0 fully saturated rings. The van der Waals surface area contributed by atoms with E-state index >= 15 is 0 Å². The fourth-order valence-corrected chi connectivity index (χ4v) is 1.68. The van der Waals surface area contributed by atoms with Crippen molar-refractivity contribution >= 4 is 15.9 Å². The van der Waals surface area contributed by atoms with Gasteiger partial charge in [-0.3, -0.25) is 0 Å². The Kier molecular flexibility index (Phi) is 2.10. The molecule has 0 aliphatic rings. The lowest BCUT2D eigenvalue weighted by atomic mass is 10.4. The van der Waals surface area contributed by atoms with Crippen LogP contribution in [0, 0.1) is 0 Å². The molecule has 2 rings (SSSR count). The van der Waals surface area contributed by atoms with E-state index in [1.807, 2.05) is 30.1 Å². The summed E-state index contributed by atoms with van der Waals surface area (Å²) >= 11 is 3.42. The van der Waals surface area contributed by atoms with Gasteiger partial charge in [0.05, 0.1) is 4.47 Å². The lowest BCUT2D eigenvalue weighted by Gasteiger charge is -1.97. The van der Waals surface area contributed by atoms with E-state index in [-0.39, 0.29) is 0 Å². The number of pyridine rings is 1.